The van der Waals surface area contributed by atoms with Gasteiger partial charge in [-0.2, -0.15) is 0 Å². The number of methoxy groups -OCH3 is 2. The van der Waals surface area contributed by atoms with Crippen molar-refractivity contribution in [2.24, 2.45) is 5.92 Å². The van der Waals surface area contributed by atoms with Crippen molar-refractivity contribution in [2.45, 2.75) is 50.9 Å². The monoisotopic (exact) mass is 570 g/mol. The van der Waals surface area contributed by atoms with Crippen LogP contribution in [0.4, 0.5) is 0 Å². The van der Waals surface area contributed by atoms with Crippen molar-refractivity contribution in [2.75, 3.05) is 34.0 Å². The smallest absolute Gasteiger partial charge is 0.127 e. The Morgan fingerprint density at radius 3 is 2.38 bits per heavy atom. The maximum Gasteiger partial charge on any atom is 0.127 e. The molecule has 5 rings (SSSR count). The molecule has 0 bridgehead atoms. The third kappa shape index (κ3) is 7.43. The number of fused-ring (bicyclic) bond motifs is 1. The topological polar surface area (TPSA) is 66.4 Å². The third-order valence-corrected chi connectivity index (χ3v) is 8.19. The summed E-state index contributed by atoms with van der Waals surface area (Å²) in [5, 5.41) is 12.5. The van der Waals surface area contributed by atoms with Crippen LogP contribution < -0.4 is 14.2 Å². The molecular weight excluding hydrogens is 528 g/mol. The van der Waals surface area contributed by atoms with Gasteiger partial charge in [0.25, 0.3) is 0 Å². The van der Waals surface area contributed by atoms with E-state index in [9.17, 15) is 5.11 Å². The molecule has 0 saturated heterocycles. The van der Waals surface area contributed by atoms with Gasteiger partial charge in [0.05, 0.1) is 46.8 Å². The average Bonchev–Trinajstić information content (AvgIpc) is 3.05. The van der Waals surface area contributed by atoms with Crippen LogP contribution in [0, 0.1) is 5.92 Å². The van der Waals surface area contributed by atoms with E-state index in [1.165, 1.54) is 5.56 Å². The van der Waals surface area contributed by atoms with Crippen LogP contribution in [0.2, 0.25) is 0 Å². The second-order valence-corrected chi connectivity index (χ2v) is 10.9. The van der Waals surface area contributed by atoms with Crippen molar-refractivity contribution >= 4 is 10.8 Å². The zero-order valence-electron chi connectivity index (χ0n) is 24.7. The molecule has 0 amide bonds. The molecule has 0 spiro atoms. The Morgan fingerprint density at radius 1 is 0.786 bits per heavy atom. The summed E-state index contributed by atoms with van der Waals surface area (Å²) < 4.78 is 29.4. The van der Waals surface area contributed by atoms with Crippen LogP contribution in [0.5, 0.6) is 17.2 Å². The third-order valence-electron chi connectivity index (χ3n) is 8.19. The van der Waals surface area contributed by atoms with Crippen LogP contribution >= 0.6 is 0 Å². The molecule has 1 aliphatic carbocycles. The van der Waals surface area contributed by atoms with Gasteiger partial charge >= 0.3 is 0 Å². The van der Waals surface area contributed by atoms with Crippen molar-refractivity contribution in [1.82, 2.24) is 0 Å². The van der Waals surface area contributed by atoms with Gasteiger partial charge in [-0.25, -0.2) is 0 Å². The van der Waals surface area contributed by atoms with Crippen LogP contribution in [-0.2, 0) is 22.7 Å². The van der Waals surface area contributed by atoms with E-state index < -0.39 is 0 Å². The molecule has 4 aromatic carbocycles. The molecule has 2 unspecified atom stereocenters. The highest BCUT2D eigenvalue weighted by Gasteiger charge is 2.35. The van der Waals surface area contributed by atoms with Crippen molar-refractivity contribution in [3.63, 3.8) is 0 Å². The summed E-state index contributed by atoms with van der Waals surface area (Å²) in [5.41, 5.74) is 3.31. The normalized spacial score (nSPS) is 18.6. The van der Waals surface area contributed by atoms with Gasteiger partial charge in [0.15, 0.2) is 0 Å². The lowest BCUT2D eigenvalue weighted by atomic mass is 9.74. The predicted molar refractivity (Wildman–Crippen MR) is 165 cm³/mol. The Hall–Kier alpha value is -3.58. The average molecular weight is 571 g/mol. The lowest BCUT2D eigenvalue weighted by Gasteiger charge is -2.37. The lowest BCUT2D eigenvalue weighted by Crippen LogP contribution is -2.34. The first kappa shape index (κ1) is 29.9. The lowest BCUT2D eigenvalue weighted by molar-refractivity contribution is -0.0246. The summed E-state index contributed by atoms with van der Waals surface area (Å²) in [6, 6.07) is 28.7. The minimum Gasteiger partial charge on any atom is -0.496 e. The van der Waals surface area contributed by atoms with E-state index in [4.69, 9.17) is 23.7 Å². The number of rotatable bonds is 14. The maximum atomic E-state index is 10.2. The second kappa shape index (κ2) is 15.1. The largest absolute Gasteiger partial charge is 0.496 e. The molecule has 0 aliphatic heterocycles. The van der Waals surface area contributed by atoms with Gasteiger partial charge in [-0.05, 0) is 65.6 Å². The van der Waals surface area contributed by atoms with Crippen LogP contribution in [0.3, 0.4) is 0 Å². The fraction of sp³-hybridized carbons (Fsp3) is 0.389. The molecule has 1 fully saturated rings. The second-order valence-electron chi connectivity index (χ2n) is 10.9. The van der Waals surface area contributed by atoms with Crippen molar-refractivity contribution in [3.8, 4) is 17.2 Å². The zero-order chi connectivity index (χ0) is 29.1. The summed E-state index contributed by atoms with van der Waals surface area (Å²) in [7, 11) is 3.38. The van der Waals surface area contributed by atoms with E-state index in [1.807, 2.05) is 48.5 Å². The van der Waals surface area contributed by atoms with E-state index in [0.29, 0.717) is 26.4 Å². The van der Waals surface area contributed by atoms with E-state index in [2.05, 4.69) is 36.4 Å². The zero-order valence-corrected chi connectivity index (χ0v) is 24.7. The summed E-state index contributed by atoms with van der Waals surface area (Å²) in [4.78, 5) is 0. The molecule has 42 heavy (non-hydrogen) atoms. The molecule has 0 radical (unpaired) electrons. The Bertz CT molecular complexity index is 1400. The van der Waals surface area contributed by atoms with Crippen LogP contribution in [0.15, 0.2) is 84.9 Å². The van der Waals surface area contributed by atoms with Gasteiger partial charge in [0.1, 0.15) is 17.2 Å². The first-order valence-corrected chi connectivity index (χ1v) is 14.9. The summed E-state index contributed by atoms with van der Waals surface area (Å²) in [6.07, 6.45) is 3.84. The SMILES string of the molecule is COc1ccccc1COCCCOc1ccc([C@H]2C(CO)CCCC2OCc2cc(OC)c3ccccc3c2)cc1. The van der Waals surface area contributed by atoms with Gasteiger partial charge in [-0.3, -0.25) is 0 Å². The number of para-hydroxylation sites is 1. The van der Waals surface area contributed by atoms with E-state index in [-0.39, 0.29) is 24.5 Å². The molecule has 1 saturated carbocycles. The molecule has 3 atom stereocenters. The standard InChI is InChI=1S/C36H42O6/c1-38-33-13-6-4-10-30(33)25-40-19-8-20-41-31-17-15-27(16-18-31)36-29(23-37)11-7-14-34(36)42-24-26-21-28-9-3-5-12-32(28)35(22-26)39-2/h3-6,9-10,12-13,15-18,21-22,29,34,36-37H,7-8,11,14,19-20,23-25H2,1-2H3/t29?,34?,36-/m0/s1. The fourth-order valence-electron chi connectivity index (χ4n) is 6.05. The predicted octanol–water partition coefficient (Wildman–Crippen LogP) is 7.30. The Morgan fingerprint density at radius 2 is 1.57 bits per heavy atom. The number of hydrogen-bond acceptors (Lipinski definition) is 6. The summed E-state index contributed by atoms with van der Waals surface area (Å²) >= 11 is 0. The van der Waals surface area contributed by atoms with Crippen LogP contribution in [0.25, 0.3) is 10.8 Å². The first-order chi connectivity index (χ1) is 20.7. The first-order valence-electron chi connectivity index (χ1n) is 14.9. The number of ether oxygens (including phenoxy) is 5. The van der Waals surface area contributed by atoms with Crippen molar-refractivity contribution in [3.05, 3.63) is 102 Å². The van der Waals surface area contributed by atoms with Crippen LogP contribution in [-0.4, -0.2) is 45.3 Å². The van der Waals surface area contributed by atoms with Gasteiger partial charge in [-0.15, -0.1) is 0 Å². The van der Waals surface area contributed by atoms with E-state index in [0.717, 1.165) is 64.8 Å². The van der Waals surface area contributed by atoms with E-state index >= 15 is 0 Å². The van der Waals surface area contributed by atoms with Gasteiger partial charge in [-0.1, -0.05) is 61.0 Å². The van der Waals surface area contributed by atoms with Crippen molar-refractivity contribution < 1.29 is 28.8 Å². The highest BCUT2D eigenvalue weighted by molar-refractivity contribution is 5.89. The summed E-state index contributed by atoms with van der Waals surface area (Å²) in [5.74, 6) is 2.83. The minimum absolute atomic E-state index is 0.0283. The Balaban J connectivity index is 1.15. The molecule has 0 aromatic heterocycles. The number of hydrogen-bond donors (Lipinski definition) is 1. The maximum absolute atomic E-state index is 10.2. The molecular formula is C36H42O6. The molecule has 0 heterocycles. The summed E-state index contributed by atoms with van der Waals surface area (Å²) in [6.45, 7) is 2.36. The molecule has 6 nitrogen and oxygen atoms in total. The Kier molecular flexibility index (Phi) is 10.7. The molecule has 4 aromatic rings. The molecule has 1 aliphatic rings. The highest BCUT2D eigenvalue weighted by Crippen LogP contribution is 2.40. The minimum atomic E-state index is 0.0283. The quantitative estimate of drug-likeness (QED) is 0.161. The van der Waals surface area contributed by atoms with Crippen LogP contribution in [0.1, 0.15) is 48.3 Å². The van der Waals surface area contributed by atoms with Gasteiger partial charge in [0.2, 0.25) is 0 Å². The molecule has 1 N–H and O–H groups in total. The van der Waals surface area contributed by atoms with E-state index in [1.54, 1.807) is 14.2 Å². The van der Waals surface area contributed by atoms with Crippen molar-refractivity contribution in [1.29, 1.82) is 0 Å². The number of aliphatic hydroxyl groups excluding tert-OH is 1. The Labute approximate surface area is 249 Å². The molecule has 6 heteroatoms. The number of benzene rings is 4. The van der Waals surface area contributed by atoms with Gasteiger partial charge in [0, 0.05) is 29.9 Å². The number of aliphatic hydroxyl groups is 1. The fourth-order valence-corrected chi connectivity index (χ4v) is 6.05. The highest BCUT2D eigenvalue weighted by atomic mass is 16.5. The van der Waals surface area contributed by atoms with Gasteiger partial charge < -0.3 is 28.8 Å². The molecule has 222 valence electrons.